The van der Waals surface area contributed by atoms with Gasteiger partial charge in [0.15, 0.2) is 0 Å². The number of hydrogen-bond acceptors (Lipinski definition) is 5. The number of anilines is 1. The van der Waals surface area contributed by atoms with Crippen molar-refractivity contribution in [2.24, 2.45) is 10.4 Å². The number of nitrogens with zero attached hydrogens (tertiary/aromatic N) is 2. The average molecular weight is 601 g/mol. The molecule has 42 heavy (non-hydrogen) atoms. The number of halogens is 4. The van der Waals surface area contributed by atoms with Crippen LogP contribution in [-0.4, -0.2) is 42.1 Å². The normalized spacial score (nSPS) is 26.6. The van der Waals surface area contributed by atoms with Crippen LogP contribution in [0.1, 0.15) is 37.3 Å². The van der Waals surface area contributed by atoms with Gasteiger partial charge in [0, 0.05) is 23.2 Å². The number of carbonyl (C=O) groups is 1. The molecule has 0 saturated heterocycles. The zero-order valence-corrected chi connectivity index (χ0v) is 23.4. The van der Waals surface area contributed by atoms with Crippen molar-refractivity contribution in [3.05, 3.63) is 95.8 Å². The second kappa shape index (κ2) is 9.63. The lowest BCUT2D eigenvalue weighted by molar-refractivity contribution is -0.151. The number of aliphatic imine (C=N–C) groups is 1. The fourth-order valence-electron chi connectivity index (χ4n) is 6.25. The zero-order valence-electron chi connectivity index (χ0n) is 22.6. The van der Waals surface area contributed by atoms with Crippen molar-refractivity contribution in [3.8, 4) is 0 Å². The van der Waals surface area contributed by atoms with Crippen LogP contribution in [0.2, 0.25) is 0 Å². The zero-order chi connectivity index (χ0) is 30.0. The quantitative estimate of drug-likeness (QED) is 0.341. The summed E-state index contributed by atoms with van der Waals surface area (Å²) in [5, 5.41) is 6.19. The molecule has 3 aromatic carbocycles. The fraction of sp³-hybridized carbons (Fsp3) is 0.333. The SMILES string of the molecule is C[C@]1(C(=O)Nc2ccccc2)CN=C(C23CC(N(Cc4ccc(C(F)(F)F)cc4)S(=O)(=O)c4ccc(F)cc4)(C2)C3)N1. The molecule has 1 amide bonds. The van der Waals surface area contributed by atoms with Gasteiger partial charge >= 0.3 is 6.18 Å². The molecule has 4 aliphatic rings. The Kier molecular flexibility index (Phi) is 6.50. The summed E-state index contributed by atoms with van der Waals surface area (Å²) in [6.07, 6.45) is -3.21. The van der Waals surface area contributed by atoms with E-state index in [2.05, 4.69) is 15.6 Å². The fourth-order valence-corrected chi connectivity index (χ4v) is 8.01. The number of rotatable bonds is 8. The van der Waals surface area contributed by atoms with Crippen molar-refractivity contribution < 1.29 is 30.8 Å². The van der Waals surface area contributed by atoms with Crippen molar-refractivity contribution in [1.29, 1.82) is 0 Å². The third kappa shape index (κ3) is 4.76. The number of alkyl halides is 3. The summed E-state index contributed by atoms with van der Waals surface area (Å²) in [5.74, 6) is -0.169. The minimum atomic E-state index is -4.51. The van der Waals surface area contributed by atoms with Gasteiger partial charge in [-0.3, -0.25) is 9.79 Å². The molecule has 3 fully saturated rings. The van der Waals surface area contributed by atoms with E-state index in [1.165, 1.54) is 28.6 Å². The Labute approximate surface area is 240 Å². The lowest BCUT2D eigenvalue weighted by atomic mass is 9.38. The van der Waals surface area contributed by atoms with Crippen LogP contribution in [0.25, 0.3) is 0 Å². The molecule has 220 valence electrons. The van der Waals surface area contributed by atoms with Crippen LogP contribution >= 0.6 is 0 Å². The Hall–Kier alpha value is -3.77. The molecule has 2 bridgehead atoms. The molecule has 3 aliphatic carbocycles. The number of nitrogens with one attached hydrogen (secondary N) is 2. The summed E-state index contributed by atoms with van der Waals surface area (Å²) in [5.41, 5.74) is -1.96. The predicted molar refractivity (Wildman–Crippen MR) is 149 cm³/mol. The molecule has 0 aromatic heterocycles. The van der Waals surface area contributed by atoms with Gasteiger partial charge in [0.2, 0.25) is 10.0 Å². The molecule has 1 aliphatic heterocycles. The first-order valence-electron chi connectivity index (χ1n) is 13.4. The first-order valence-corrected chi connectivity index (χ1v) is 14.8. The van der Waals surface area contributed by atoms with Crippen LogP contribution in [0, 0.1) is 11.2 Å². The highest BCUT2D eigenvalue weighted by Crippen LogP contribution is 2.71. The third-order valence-electron chi connectivity index (χ3n) is 8.52. The van der Waals surface area contributed by atoms with Gasteiger partial charge in [0.1, 0.15) is 17.2 Å². The van der Waals surface area contributed by atoms with E-state index < -0.39 is 44.1 Å². The number of carbonyl (C=O) groups excluding carboxylic acids is 1. The molecule has 3 aromatic rings. The molecular formula is C30H28F4N4O3S. The van der Waals surface area contributed by atoms with Crippen LogP contribution in [0.4, 0.5) is 23.2 Å². The molecule has 3 saturated carbocycles. The molecule has 0 unspecified atom stereocenters. The van der Waals surface area contributed by atoms with Crippen LogP contribution in [0.5, 0.6) is 0 Å². The van der Waals surface area contributed by atoms with Gasteiger partial charge in [-0.15, -0.1) is 0 Å². The molecule has 0 spiro atoms. The van der Waals surface area contributed by atoms with Gasteiger partial charge in [-0.1, -0.05) is 30.3 Å². The van der Waals surface area contributed by atoms with Crippen molar-refractivity contribution in [2.75, 3.05) is 11.9 Å². The molecule has 1 atom stereocenters. The Bertz CT molecular complexity index is 1640. The van der Waals surface area contributed by atoms with Crippen LogP contribution < -0.4 is 10.6 Å². The monoisotopic (exact) mass is 600 g/mol. The molecule has 1 heterocycles. The van der Waals surface area contributed by atoms with Gasteiger partial charge in [-0.2, -0.15) is 17.5 Å². The van der Waals surface area contributed by atoms with Crippen molar-refractivity contribution >= 4 is 27.5 Å². The highest BCUT2D eigenvalue weighted by atomic mass is 32.2. The summed E-state index contributed by atoms with van der Waals surface area (Å²) in [6.45, 7) is 1.84. The van der Waals surface area contributed by atoms with E-state index in [9.17, 15) is 30.8 Å². The molecular weight excluding hydrogens is 572 g/mol. The summed E-state index contributed by atoms with van der Waals surface area (Å²) in [7, 11) is -4.14. The summed E-state index contributed by atoms with van der Waals surface area (Å²) in [4.78, 5) is 17.6. The number of benzene rings is 3. The summed E-state index contributed by atoms with van der Waals surface area (Å²) in [6, 6.07) is 18.0. The van der Waals surface area contributed by atoms with Gasteiger partial charge in [-0.25, -0.2) is 12.8 Å². The Morgan fingerprint density at radius 3 is 2.19 bits per heavy atom. The molecule has 7 nitrogen and oxygen atoms in total. The Morgan fingerprint density at radius 1 is 0.976 bits per heavy atom. The van der Waals surface area contributed by atoms with Crippen LogP contribution in [0.3, 0.4) is 0 Å². The highest BCUT2D eigenvalue weighted by molar-refractivity contribution is 7.89. The van der Waals surface area contributed by atoms with Gasteiger partial charge in [0.25, 0.3) is 5.91 Å². The topological polar surface area (TPSA) is 90.9 Å². The number of amidine groups is 1. The van der Waals surface area contributed by atoms with Crippen LogP contribution in [0.15, 0.2) is 88.8 Å². The standard InChI is InChI=1S/C30H28F4N4O3S/c1-27(26(39)36-23-5-3-2-4-6-23)19-35-25(37-27)28-16-29(17-28,18-28)38(42(40,41)24-13-11-22(31)12-14-24)15-20-7-9-21(10-8-20)30(32,33)34/h2-14H,15-19H2,1H3,(H,35,37)(H,36,39)/t27-,28?,29?/m1/s1. The second-order valence-electron chi connectivity index (χ2n) is 11.6. The second-order valence-corrected chi connectivity index (χ2v) is 13.5. The molecule has 2 N–H and O–H groups in total. The predicted octanol–water partition coefficient (Wildman–Crippen LogP) is 5.36. The van der Waals surface area contributed by atoms with E-state index in [0.717, 1.165) is 24.3 Å². The van der Waals surface area contributed by atoms with Crippen molar-refractivity contribution in [2.45, 2.75) is 54.9 Å². The van der Waals surface area contributed by atoms with Gasteiger partial charge in [-0.05, 0) is 80.3 Å². The maximum absolute atomic E-state index is 13.9. The van der Waals surface area contributed by atoms with E-state index in [4.69, 9.17) is 0 Å². The summed E-state index contributed by atoms with van der Waals surface area (Å²) >= 11 is 0. The highest BCUT2D eigenvalue weighted by Gasteiger charge is 2.75. The van der Waals surface area contributed by atoms with Crippen LogP contribution in [-0.2, 0) is 27.5 Å². The maximum Gasteiger partial charge on any atom is 0.416 e. The molecule has 0 radical (unpaired) electrons. The Morgan fingerprint density at radius 2 is 1.60 bits per heavy atom. The number of para-hydroxylation sites is 1. The van der Waals surface area contributed by atoms with Crippen molar-refractivity contribution in [1.82, 2.24) is 9.62 Å². The molecule has 12 heteroatoms. The number of sulfonamides is 1. The van der Waals surface area contributed by atoms with E-state index in [1.807, 2.05) is 18.2 Å². The number of hydrogen-bond donors (Lipinski definition) is 2. The maximum atomic E-state index is 13.9. The lowest BCUT2D eigenvalue weighted by Crippen LogP contribution is -2.79. The minimum Gasteiger partial charge on any atom is -0.358 e. The first kappa shape index (κ1) is 28.4. The average Bonchev–Trinajstić information content (AvgIpc) is 3.30. The number of amides is 1. The minimum absolute atomic E-state index is 0.101. The van der Waals surface area contributed by atoms with Gasteiger partial charge < -0.3 is 10.6 Å². The van der Waals surface area contributed by atoms with E-state index in [-0.39, 0.29) is 23.9 Å². The lowest BCUT2D eigenvalue weighted by Gasteiger charge is -2.73. The van der Waals surface area contributed by atoms with Gasteiger partial charge in [0.05, 0.1) is 17.0 Å². The first-order chi connectivity index (χ1) is 19.7. The smallest absolute Gasteiger partial charge is 0.358 e. The van der Waals surface area contributed by atoms with E-state index in [1.54, 1.807) is 19.1 Å². The summed E-state index contributed by atoms with van der Waals surface area (Å²) < 4.78 is 82.0. The largest absolute Gasteiger partial charge is 0.416 e. The molecule has 7 rings (SSSR count). The van der Waals surface area contributed by atoms with E-state index >= 15 is 0 Å². The third-order valence-corrected chi connectivity index (χ3v) is 10.5. The van der Waals surface area contributed by atoms with Crippen molar-refractivity contribution in [3.63, 3.8) is 0 Å². The van der Waals surface area contributed by atoms with E-state index in [0.29, 0.717) is 36.3 Å². The Balaban J connectivity index is 1.21.